The average Bonchev–Trinajstić information content (AvgIpc) is 2.77. The van der Waals surface area contributed by atoms with Crippen LogP contribution < -0.4 is 10.5 Å². The molecular weight excluding hydrogens is 211 g/mol. The zero-order chi connectivity index (χ0) is 11.5. The summed E-state index contributed by atoms with van der Waals surface area (Å²) >= 11 is 0. The number of aromatic nitrogens is 1. The van der Waals surface area contributed by atoms with Crippen molar-refractivity contribution in [3.05, 3.63) is 36.0 Å². The Morgan fingerprint density at radius 1 is 1.50 bits per heavy atom. The van der Waals surface area contributed by atoms with Crippen LogP contribution in [0.5, 0.6) is 5.75 Å². The second kappa shape index (κ2) is 4.32. The van der Waals surface area contributed by atoms with E-state index in [0.29, 0.717) is 23.7 Å². The third-order valence-corrected chi connectivity index (χ3v) is 2.16. The lowest BCUT2D eigenvalue weighted by molar-refractivity contribution is 0.386. The summed E-state index contributed by atoms with van der Waals surface area (Å²) in [5.41, 5.74) is 6.58. The molecular formula is C11H11FN2O2. The van der Waals surface area contributed by atoms with Gasteiger partial charge < -0.3 is 14.9 Å². The highest BCUT2D eigenvalue weighted by Gasteiger charge is 2.09. The topological polar surface area (TPSA) is 61.3 Å². The number of ether oxygens (including phenoxy) is 1. The molecule has 0 saturated carbocycles. The molecule has 0 atom stereocenters. The van der Waals surface area contributed by atoms with Crippen LogP contribution in [0.3, 0.4) is 0 Å². The normalized spacial score (nSPS) is 10.4. The van der Waals surface area contributed by atoms with Gasteiger partial charge in [-0.2, -0.15) is 0 Å². The molecule has 84 valence electrons. The fraction of sp³-hybridized carbons (Fsp3) is 0.182. The first-order valence-electron chi connectivity index (χ1n) is 4.73. The van der Waals surface area contributed by atoms with E-state index in [1.807, 2.05) is 0 Å². The number of methoxy groups -OCH3 is 1. The highest BCUT2D eigenvalue weighted by molar-refractivity contribution is 5.55. The first kappa shape index (κ1) is 10.6. The van der Waals surface area contributed by atoms with Crippen molar-refractivity contribution in [3.63, 3.8) is 0 Å². The van der Waals surface area contributed by atoms with Crippen LogP contribution in [0.25, 0.3) is 11.5 Å². The first-order chi connectivity index (χ1) is 7.74. The largest absolute Gasteiger partial charge is 0.494 e. The van der Waals surface area contributed by atoms with Crippen LogP contribution in [0.15, 0.2) is 28.9 Å². The third kappa shape index (κ3) is 1.90. The summed E-state index contributed by atoms with van der Waals surface area (Å²) in [6.07, 6.45) is 1.46. The molecule has 0 amide bonds. The van der Waals surface area contributed by atoms with Crippen molar-refractivity contribution in [2.75, 3.05) is 7.11 Å². The van der Waals surface area contributed by atoms with Crippen molar-refractivity contribution < 1.29 is 13.5 Å². The van der Waals surface area contributed by atoms with E-state index in [1.54, 1.807) is 6.07 Å². The first-order valence-corrected chi connectivity index (χ1v) is 4.73. The minimum absolute atomic E-state index is 0.189. The van der Waals surface area contributed by atoms with Gasteiger partial charge in [0.2, 0.25) is 5.89 Å². The number of nitrogens with two attached hydrogens (primary N) is 1. The van der Waals surface area contributed by atoms with E-state index in [2.05, 4.69) is 4.98 Å². The van der Waals surface area contributed by atoms with Gasteiger partial charge in [-0.3, -0.25) is 0 Å². The van der Waals surface area contributed by atoms with Crippen molar-refractivity contribution in [1.82, 2.24) is 4.98 Å². The molecule has 0 radical (unpaired) electrons. The molecule has 1 heterocycles. The lowest BCUT2D eigenvalue weighted by Gasteiger charge is -2.02. The van der Waals surface area contributed by atoms with Gasteiger partial charge in [0.1, 0.15) is 6.26 Å². The molecule has 2 aromatic rings. The van der Waals surface area contributed by atoms with Crippen LogP contribution in [-0.2, 0) is 6.54 Å². The molecule has 0 aliphatic rings. The number of hydrogen-bond acceptors (Lipinski definition) is 4. The Morgan fingerprint density at radius 2 is 2.31 bits per heavy atom. The van der Waals surface area contributed by atoms with Gasteiger partial charge in [-0.25, -0.2) is 9.37 Å². The molecule has 0 unspecified atom stereocenters. The zero-order valence-electron chi connectivity index (χ0n) is 8.74. The molecule has 0 fully saturated rings. The van der Waals surface area contributed by atoms with E-state index in [9.17, 15) is 4.39 Å². The summed E-state index contributed by atoms with van der Waals surface area (Å²) in [6.45, 7) is 0.294. The predicted octanol–water partition coefficient (Wildman–Crippen LogP) is 1.95. The lowest BCUT2D eigenvalue weighted by atomic mass is 10.2. The van der Waals surface area contributed by atoms with Crippen molar-refractivity contribution in [3.8, 4) is 17.2 Å². The SMILES string of the molecule is COc1ccc(-c2nc(CN)co2)cc1F. The van der Waals surface area contributed by atoms with Gasteiger partial charge >= 0.3 is 0 Å². The maximum Gasteiger partial charge on any atom is 0.226 e. The molecule has 2 N–H and O–H groups in total. The van der Waals surface area contributed by atoms with E-state index in [4.69, 9.17) is 14.9 Å². The minimum Gasteiger partial charge on any atom is -0.494 e. The van der Waals surface area contributed by atoms with E-state index in [1.165, 1.54) is 25.5 Å². The molecule has 4 nitrogen and oxygen atoms in total. The van der Waals surface area contributed by atoms with Crippen molar-refractivity contribution >= 4 is 0 Å². The van der Waals surface area contributed by atoms with Crippen LogP contribution in [-0.4, -0.2) is 12.1 Å². The smallest absolute Gasteiger partial charge is 0.226 e. The second-order valence-corrected chi connectivity index (χ2v) is 3.20. The summed E-state index contributed by atoms with van der Waals surface area (Å²) in [7, 11) is 1.41. The van der Waals surface area contributed by atoms with Crippen LogP contribution in [0.2, 0.25) is 0 Å². The Morgan fingerprint density at radius 3 is 2.88 bits per heavy atom. The number of oxazole rings is 1. The number of nitrogens with zero attached hydrogens (tertiary/aromatic N) is 1. The molecule has 0 saturated heterocycles. The van der Waals surface area contributed by atoms with Crippen LogP contribution in [0.4, 0.5) is 4.39 Å². The Bertz CT molecular complexity index is 496. The molecule has 2 rings (SSSR count). The van der Waals surface area contributed by atoms with Gasteiger partial charge in [-0.05, 0) is 18.2 Å². The minimum atomic E-state index is -0.451. The molecule has 1 aromatic heterocycles. The summed E-state index contributed by atoms with van der Waals surface area (Å²) < 4.78 is 23.4. The maximum atomic E-state index is 13.4. The number of rotatable bonds is 3. The van der Waals surface area contributed by atoms with E-state index in [-0.39, 0.29) is 5.75 Å². The Balaban J connectivity index is 2.37. The lowest BCUT2D eigenvalue weighted by Crippen LogP contribution is -1.95. The van der Waals surface area contributed by atoms with Crippen molar-refractivity contribution in [2.45, 2.75) is 6.54 Å². The van der Waals surface area contributed by atoms with Gasteiger partial charge in [0, 0.05) is 12.1 Å². The summed E-state index contributed by atoms with van der Waals surface area (Å²) in [6, 6.07) is 4.51. The molecule has 0 aliphatic carbocycles. The number of benzene rings is 1. The Labute approximate surface area is 91.9 Å². The van der Waals surface area contributed by atoms with Crippen LogP contribution in [0, 0.1) is 5.82 Å². The van der Waals surface area contributed by atoms with Gasteiger partial charge in [-0.15, -0.1) is 0 Å². The number of hydrogen-bond donors (Lipinski definition) is 1. The van der Waals surface area contributed by atoms with Gasteiger partial charge in [0.15, 0.2) is 11.6 Å². The molecule has 0 spiro atoms. The standard InChI is InChI=1S/C11H11FN2O2/c1-15-10-3-2-7(4-9(10)12)11-14-8(5-13)6-16-11/h2-4,6H,5,13H2,1H3. The molecule has 16 heavy (non-hydrogen) atoms. The average molecular weight is 222 g/mol. The van der Waals surface area contributed by atoms with Crippen molar-refractivity contribution in [2.24, 2.45) is 5.73 Å². The third-order valence-electron chi connectivity index (χ3n) is 2.16. The fourth-order valence-corrected chi connectivity index (χ4v) is 1.33. The van der Waals surface area contributed by atoms with Gasteiger partial charge in [0.05, 0.1) is 12.8 Å². The van der Waals surface area contributed by atoms with Crippen molar-refractivity contribution in [1.29, 1.82) is 0 Å². The molecule has 5 heteroatoms. The zero-order valence-corrected chi connectivity index (χ0v) is 8.74. The Hall–Kier alpha value is -1.88. The van der Waals surface area contributed by atoms with Crippen LogP contribution in [0.1, 0.15) is 5.69 Å². The van der Waals surface area contributed by atoms with E-state index in [0.717, 1.165) is 0 Å². The summed E-state index contributed by atoms with van der Waals surface area (Å²) in [4.78, 5) is 4.10. The monoisotopic (exact) mass is 222 g/mol. The predicted molar refractivity (Wildman–Crippen MR) is 56.3 cm³/mol. The second-order valence-electron chi connectivity index (χ2n) is 3.20. The summed E-state index contributed by atoms with van der Waals surface area (Å²) in [5.74, 6) is 0.0869. The highest BCUT2D eigenvalue weighted by Crippen LogP contribution is 2.24. The van der Waals surface area contributed by atoms with Gasteiger partial charge in [-0.1, -0.05) is 0 Å². The molecule has 1 aromatic carbocycles. The fourth-order valence-electron chi connectivity index (χ4n) is 1.33. The van der Waals surface area contributed by atoms with Crippen LogP contribution >= 0.6 is 0 Å². The summed E-state index contributed by atoms with van der Waals surface area (Å²) in [5, 5.41) is 0. The molecule has 0 aliphatic heterocycles. The Kier molecular flexibility index (Phi) is 2.87. The quantitative estimate of drug-likeness (QED) is 0.862. The van der Waals surface area contributed by atoms with E-state index < -0.39 is 5.82 Å². The maximum absolute atomic E-state index is 13.4. The molecule has 0 bridgehead atoms. The van der Waals surface area contributed by atoms with E-state index >= 15 is 0 Å². The highest BCUT2D eigenvalue weighted by atomic mass is 19.1. The van der Waals surface area contributed by atoms with Gasteiger partial charge in [0.25, 0.3) is 0 Å². The number of halogens is 1.